The topological polar surface area (TPSA) is 49.3 Å². The quantitative estimate of drug-likeness (QED) is 0.780. The second-order valence-corrected chi connectivity index (χ2v) is 3.34. The van der Waals surface area contributed by atoms with Crippen molar-refractivity contribution in [2.75, 3.05) is 6.67 Å². The van der Waals surface area contributed by atoms with Gasteiger partial charge in [0.1, 0.15) is 12.7 Å². The van der Waals surface area contributed by atoms with Gasteiger partial charge in [-0.1, -0.05) is 30.3 Å². The minimum absolute atomic E-state index is 0.178. The Hall–Kier alpha value is -1.42. The van der Waals surface area contributed by atoms with Gasteiger partial charge in [-0.25, -0.2) is 4.39 Å². The fraction of sp³-hybridized carbons (Fsp3) is 0.364. The third-order valence-electron chi connectivity index (χ3n) is 2.20. The maximum atomic E-state index is 12.3. The summed E-state index contributed by atoms with van der Waals surface area (Å²) in [6, 6.07) is 8.02. The van der Waals surface area contributed by atoms with Crippen molar-refractivity contribution >= 4 is 5.97 Å². The predicted molar refractivity (Wildman–Crippen MR) is 55.4 cm³/mol. The second kappa shape index (κ2) is 5.46. The Kier molecular flexibility index (Phi) is 4.24. The van der Waals surface area contributed by atoms with E-state index < -0.39 is 18.7 Å². The van der Waals surface area contributed by atoms with Crippen LogP contribution in [0.5, 0.6) is 0 Å². The van der Waals surface area contributed by atoms with E-state index in [2.05, 4.69) is 5.32 Å². The van der Waals surface area contributed by atoms with Crippen molar-refractivity contribution in [3.8, 4) is 0 Å². The molecule has 82 valence electrons. The van der Waals surface area contributed by atoms with Crippen LogP contribution in [0.4, 0.5) is 4.39 Å². The van der Waals surface area contributed by atoms with Gasteiger partial charge in [-0.05, 0) is 12.5 Å². The highest BCUT2D eigenvalue weighted by Crippen LogP contribution is 2.12. The van der Waals surface area contributed by atoms with Crippen LogP contribution in [-0.2, 0) is 4.79 Å². The lowest BCUT2D eigenvalue weighted by atomic mass is 10.1. The third-order valence-corrected chi connectivity index (χ3v) is 2.20. The molecule has 0 radical (unpaired) electrons. The molecule has 0 heterocycles. The van der Waals surface area contributed by atoms with Crippen LogP contribution in [0.1, 0.15) is 18.5 Å². The molecule has 0 aromatic heterocycles. The molecule has 0 bridgehead atoms. The van der Waals surface area contributed by atoms with Gasteiger partial charge in [0.25, 0.3) is 0 Å². The SMILES string of the molecule is CC(N[C@H](CF)C(=O)O)c1ccccc1. The number of carboxylic acids is 1. The summed E-state index contributed by atoms with van der Waals surface area (Å²) in [5, 5.41) is 11.4. The van der Waals surface area contributed by atoms with Gasteiger partial charge in [-0.15, -0.1) is 0 Å². The lowest BCUT2D eigenvalue weighted by Crippen LogP contribution is -2.39. The van der Waals surface area contributed by atoms with E-state index in [0.29, 0.717) is 0 Å². The van der Waals surface area contributed by atoms with Gasteiger partial charge in [-0.2, -0.15) is 0 Å². The number of hydrogen-bond acceptors (Lipinski definition) is 2. The molecule has 0 aliphatic heterocycles. The van der Waals surface area contributed by atoms with Crippen molar-refractivity contribution < 1.29 is 14.3 Å². The molecule has 1 unspecified atom stereocenters. The average Bonchev–Trinajstić information content (AvgIpc) is 2.26. The van der Waals surface area contributed by atoms with E-state index in [0.717, 1.165) is 5.56 Å². The molecule has 2 N–H and O–H groups in total. The van der Waals surface area contributed by atoms with Gasteiger partial charge < -0.3 is 5.11 Å². The maximum Gasteiger partial charge on any atom is 0.323 e. The van der Waals surface area contributed by atoms with Crippen molar-refractivity contribution in [1.29, 1.82) is 0 Å². The zero-order valence-electron chi connectivity index (χ0n) is 8.48. The van der Waals surface area contributed by atoms with E-state index in [1.165, 1.54) is 0 Å². The van der Waals surface area contributed by atoms with E-state index in [1.807, 2.05) is 30.3 Å². The molecule has 0 aliphatic rings. The van der Waals surface area contributed by atoms with Gasteiger partial charge in [0.05, 0.1) is 0 Å². The number of rotatable bonds is 5. The standard InChI is InChI=1S/C11H14FNO2/c1-8(9-5-3-2-4-6-9)13-10(7-12)11(14)15/h2-6,8,10,13H,7H2,1H3,(H,14,15)/t8?,10-/m1/s1. The number of carboxylic acid groups (broad SMARTS) is 1. The summed E-state index contributed by atoms with van der Waals surface area (Å²) in [6.45, 7) is 0.896. The van der Waals surface area contributed by atoms with Crippen LogP contribution in [0.2, 0.25) is 0 Å². The molecule has 1 aromatic carbocycles. The highest BCUT2D eigenvalue weighted by molar-refractivity contribution is 5.73. The summed E-state index contributed by atoms with van der Waals surface area (Å²) in [4.78, 5) is 10.6. The number of benzene rings is 1. The molecule has 0 amide bonds. The molecule has 15 heavy (non-hydrogen) atoms. The molecule has 0 saturated carbocycles. The first-order valence-electron chi connectivity index (χ1n) is 4.75. The summed E-state index contributed by atoms with van der Waals surface area (Å²) >= 11 is 0. The molecule has 1 rings (SSSR count). The van der Waals surface area contributed by atoms with Crippen molar-refractivity contribution in [2.24, 2.45) is 0 Å². The number of hydrogen-bond donors (Lipinski definition) is 2. The van der Waals surface area contributed by atoms with Gasteiger partial charge in [0, 0.05) is 6.04 Å². The molecular formula is C11H14FNO2. The van der Waals surface area contributed by atoms with Crippen molar-refractivity contribution in [3.05, 3.63) is 35.9 Å². The highest BCUT2D eigenvalue weighted by Gasteiger charge is 2.19. The first-order valence-corrected chi connectivity index (χ1v) is 4.75. The van der Waals surface area contributed by atoms with Crippen molar-refractivity contribution in [1.82, 2.24) is 5.32 Å². The van der Waals surface area contributed by atoms with Crippen LogP contribution >= 0.6 is 0 Å². The normalized spacial score (nSPS) is 14.5. The van der Waals surface area contributed by atoms with E-state index in [9.17, 15) is 9.18 Å². The molecule has 0 spiro atoms. The smallest absolute Gasteiger partial charge is 0.323 e. The van der Waals surface area contributed by atoms with E-state index in [4.69, 9.17) is 5.11 Å². The molecule has 4 heteroatoms. The molecule has 1 aromatic rings. The van der Waals surface area contributed by atoms with Crippen LogP contribution in [0.3, 0.4) is 0 Å². The third kappa shape index (κ3) is 3.32. The summed E-state index contributed by atoms with van der Waals surface area (Å²) < 4.78 is 12.3. The van der Waals surface area contributed by atoms with E-state index in [1.54, 1.807) is 6.92 Å². The van der Waals surface area contributed by atoms with Crippen molar-refractivity contribution in [3.63, 3.8) is 0 Å². The highest BCUT2D eigenvalue weighted by atomic mass is 19.1. The van der Waals surface area contributed by atoms with Crippen LogP contribution < -0.4 is 5.32 Å². The fourth-order valence-electron chi connectivity index (χ4n) is 1.32. The van der Waals surface area contributed by atoms with Crippen molar-refractivity contribution in [2.45, 2.75) is 19.0 Å². The van der Waals surface area contributed by atoms with Gasteiger partial charge in [0.2, 0.25) is 0 Å². The molecule has 3 nitrogen and oxygen atoms in total. The monoisotopic (exact) mass is 211 g/mol. The molecule has 0 saturated heterocycles. The number of aliphatic carboxylic acids is 1. The number of alkyl halides is 1. The summed E-state index contributed by atoms with van der Waals surface area (Å²) in [5.41, 5.74) is 0.942. The van der Waals surface area contributed by atoms with Crippen LogP contribution in [0, 0.1) is 0 Å². The Labute approximate surface area is 87.9 Å². The number of halogens is 1. The lowest BCUT2D eigenvalue weighted by Gasteiger charge is -2.18. The molecular weight excluding hydrogens is 197 g/mol. The Balaban J connectivity index is 2.62. The Morgan fingerprint density at radius 1 is 1.47 bits per heavy atom. The summed E-state index contributed by atoms with van der Waals surface area (Å²) in [5.74, 6) is -1.17. The second-order valence-electron chi connectivity index (χ2n) is 3.34. The van der Waals surface area contributed by atoms with E-state index >= 15 is 0 Å². The Morgan fingerprint density at radius 3 is 2.53 bits per heavy atom. The van der Waals surface area contributed by atoms with Gasteiger partial charge in [-0.3, -0.25) is 10.1 Å². The average molecular weight is 211 g/mol. The Morgan fingerprint density at radius 2 is 2.07 bits per heavy atom. The zero-order valence-corrected chi connectivity index (χ0v) is 8.48. The zero-order chi connectivity index (χ0) is 11.3. The maximum absolute atomic E-state index is 12.3. The minimum atomic E-state index is -1.17. The first kappa shape index (κ1) is 11.7. The number of carbonyl (C=O) groups is 1. The summed E-state index contributed by atoms with van der Waals surface area (Å²) in [7, 11) is 0. The van der Waals surface area contributed by atoms with Crippen LogP contribution in [0.25, 0.3) is 0 Å². The number of nitrogens with one attached hydrogen (secondary N) is 1. The summed E-state index contributed by atoms with van der Waals surface area (Å²) in [6.07, 6.45) is 0. The largest absolute Gasteiger partial charge is 0.480 e. The van der Waals surface area contributed by atoms with Crippen LogP contribution in [0.15, 0.2) is 30.3 Å². The minimum Gasteiger partial charge on any atom is -0.480 e. The molecule has 2 atom stereocenters. The Bertz CT molecular complexity index is 316. The van der Waals surface area contributed by atoms with Gasteiger partial charge in [0.15, 0.2) is 0 Å². The van der Waals surface area contributed by atoms with Crippen LogP contribution in [-0.4, -0.2) is 23.8 Å². The predicted octanol–water partition coefficient (Wildman–Crippen LogP) is 1.76. The van der Waals surface area contributed by atoms with E-state index in [-0.39, 0.29) is 6.04 Å². The molecule has 0 aliphatic carbocycles. The van der Waals surface area contributed by atoms with Gasteiger partial charge >= 0.3 is 5.97 Å². The molecule has 0 fully saturated rings. The fourth-order valence-corrected chi connectivity index (χ4v) is 1.32. The lowest BCUT2D eigenvalue weighted by molar-refractivity contribution is -0.140. The first-order chi connectivity index (χ1) is 7.15.